The van der Waals surface area contributed by atoms with E-state index < -0.39 is 5.60 Å². The average Bonchev–Trinajstić information content (AvgIpc) is 2.52. The number of piperidine rings is 1. The van der Waals surface area contributed by atoms with Crippen LogP contribution in [0.25, 0.3) is 0 Å². The van der Waals surface area contributed by atoms with Crippen molar-refractivity contribution in [3.63, 3.8) is 0 Å². The smallest absolute Gasteiger partial charge is 0.410 e. The fourth-order valence-corrected chi connectivity index (χ4v) is 3.05. The van der Waals surface area contributed by atoms with Gasteiger partial charge in [-0.2, -0.15) is 0 Å². The van der Waals surface area contributed by atoms with Gasteiger partial charge in [-0.15, -0.1) is 0 Å². The van der Waals surface area contributed by atoms with Crippen LogP contribution in [-0.2, 0) is 16.0 Å². The number of hydrogen-bond acceptors (Lipinski definition) is 3. The summed E-state index contributed by atoms with van der Waals surface area (Å²) in [7, 11) is 0. The van der Waals surface area contributed by atoms with Gasteiger partial charge >= 0.3 is 6.09 Å². The second kappa shape index (κ2) is 8.37. The summed E-state index contributed by atoms with van der Waals surface area (Å²) in [5.74, 6) is 0.308. The lowest BCUT2D eigenvalue weighted by Crippen LogP contribution is -2.45. The Bertz CT molecular complexity index is 607. The Morgan fingerprint density at radius 2 is 2.08 bits per heavy atom. The number of likely N-dealkylation sites (tertiary alicyclic amines) is 1. The zero-order chi connectivity index (χ0) is 18.4. The van der Waals surface area contributed by atoms with Crippen LogP contribution in [0, 0.1) is 12.8 Å². The quantitative estimate of drug-likeness (QED) is 0.910. The maximum absolute atomic E-state index is 12.2. The van der Waals surface area contributed by atoms with Crippen molar-refractivity contribution in [3.05, 3.63) is 35.4 Å². The molecule has 1 N–H and O–H groups in total. The first-order valence-electron chi connectivity index (χ1n) is 9.03. The number of aryl methyl sites for hydroxylation is 1. The predicted octanol–water partition coefficient (Wildman–Crippen LogP) is 3.30. The number of benzene rings is 1. The molecule has 5 heteroatoms. The van der Waals surface area contributed by atoms with Crippen LogP contribution in [0.3, 0.4) is 0 Å². The predicted molar refractivity (Wildman–Crippen MR) is 98.4 cm³/mol. The number of hydrogen-bond donors (Lipinski definition) is 1. The summed E-state index contributed by atoms with van der Waals surface area (Å²) in [6, 6.07) is 7.99. The monoisotopic (exact) mass is 346 g/mol. The van der Waals surface area contributed by atoms with Crippen molar-refractivity contribution >= 4 is 12.0 Å². The molecule has 1 aromatic rings. The highest BCUT2D eigenvalue weighted by Crippen LogP contribution is 2.19. The molecule has 2 rings (SSSR count). The van der Waals surface area contributed by atoms with Gasteiger partial charge in [0.1, 0.15) is 5.60 Å². The van der Waals surface area contributed by atoms with Crippen LogP contribution in [0.5, 0.6) is 0 Å². The lowest BCUT2D eigenvalue weighted by molar-refractivity contribution is -0.120. The number of carbonyl (C=O) groups is 2. The van der Waals surface area contributed by atoms with Crippen molar-refractivity contribution in [2.75, 3.05) is 19.6 Å². The molecule has 0 radical (unpaired) electrons. The number of nitrogens with one attached hydrogen (secondary N) is 1. The van der Waals surface area contributed by atoms with Crippen LogP contribution in [0.15, 0.2) is 24.3 Å². The van der Waals surface area contributed by atoms with Crippen molar-refractivity contribution < 1.29 is 14.3 Å². The second-order valence-electron chi connectivity index (χ2n) is 7.90. The Labute approximate surface area is 150 Å². The van der Waals surface area contributed by atoms with Crippen LogP contribution < -0.4 is 5.32 Å². The van der Waals surface area contributed by atoms with E-state index in [-0.39, 0.29) is 17.9 Å². The largest absolute Gasteiger partial charge is 0.444 e. The van der Waals surface area contributed by atoms with Crippen LogP contribution in [0.4, 0.5) is 4.79 Å². The minimum absolute atomic E-state index is 0.0278. The molecular weight excluding hydrogens is 316 g/mol. The molecule has 1 aliphatic rings. The fourth-order valence-electron chi connectivity index (χ4n) is 3.05. The maximum atomic E-state index is 12.2. The molecule has 0 aromatic heterocycles. The molecule has 1 saturated heterocycles. The summed E-state index contributed by atoms with van der Waals surface area (Å²) < 4.78 is 5.44. The van der Waals surface area contributed by atoms with Gasteiger partial charge in [-0.3, -0.25) is 4.79 Å². The number of nitrogens with zero attached hydrogens (tertiary/aromatic N) is 1. The van der Waals surface area contributed by atoms with E-state index in [4.69, 9.17) is 4.74 Å². The Balaban J connectivity index is 1.78. The SMILES string of the molecule is Cc1cccc(CC(=O)NCC2CCCN(C(=O)OC(C)(C)C)C2)c1. The number of amides is 2. The lowest BCUT2D eigenvalue weighted by Gasteiger charge is -2.34. The van der Waals surface area contributed by atoms with Crippen molar-refractivity contribution in [2.24, 2.45) is 5.92 Å². The van der Waals surface area contributed by atoms with Gasteiger partial charge in [0.2, 0.25) is 5.91 Å². The molecule has 5 nitrogen and oxygen atoms in total. The third-order valence-corrected chi connectivity index (χ3v) is 4.21. The number of rotatable bonds is 4. The molecule has 1 atom stereocenters. The molecule has 1 aromatic carbocycles. The molecule has 0 saturated carbocycles. The van der Waals surface area contributed by atoms with Gasteiger partial charge in [0.25, 0.3) is 0 Å². The van der Waals surface area contributed by atoms with E-state index in [0.29, 0.717) is 19.5 Å². The lowest BCUT2D eigenvalue weighted by atomic mass is 9.98. The molecule has 1 aliphatic heterocycles. The van der Waals surface area contributed by atoms with Crippen LogP contribution in [0.1, 0.15) is 44.7 Å². The van der Waals surface area contributed by atoms with E-state index in [1.165, 1.54) is 0 Å². The number of carbonyl (C=O) groups excluding carboxylic acids is 2. The molecule has 0 spiro atoms. The highest BCUT2D eigenvalue weighted by molar-refractivity contribution is 5.78. The molecule has 1 unspecified atom stereocenters. The van der Waals surface area contributed by atoms with Gasteiger partial charge in [-0.05, 0) is 52.0 Å². The minimum Gasteiger partial charge on any atom is -0.444 e. The number of ether oxygens (including phenoxy) is 1. The Kier molecular flexibility index (Phi) is 6.45. The zero-order valence-corrected chi connectivity index (χ0v) is 15.8. The zero-order valence-electron chi connectivity index (χ0n) is 15.8. The summed E-state index contributed by atoms with van der Waals surface area (Å²) in [4.78, 5) is 26.1. The summed E-state index contributed by atoms with van der Waals surface area (Å²) in [5.41, 5.74) is 1.70. The molecule has 2 amide bonds. The highest BCUT2D eigenvalue weighted by atomic mass is 16.6. The molecule has 25 heavy (non-hydrogen) atoms. The summed E-state index contributed by atoms with van der Waals surface area (Å²) in [6.45, 7) is 9.61. The van der Waals surface area contributed by atoms with Gasteiger partial charge in [-0.25, -0.2) is 4.79 Å². The van der Waals surface area contributed by atoms with Crippen LogP contribution in [0.2, 0.25) is 0 Å². The van der Waals surface area contributed by atoms with E-state index in [9.17, 15) is 9.59 Å². The van der Waals surface area contributed by atoms with Crippen LogP contribution >= 0.6 is 0 Å². The summed E-state index contributed by atoms with van der Waals surface area (Å²) in [6.07, 6.45) is 2.09. The molecule has 0 bridgehead atoms. The van der Waals surface area contributed by atoms with Gasteiger partial charge in [0, 0.05) is 19.6 Å². The average molecular weight is 346 g/mol. The topological polar surface area (TPSA) is 58.6 Å². The Morgan fingerprint density at radius 1 is 1.32 bits per heavy atom. The normalized spacial score (nSPS) is 17.9. The van der Waals surface area contributed by atoms with Crippen molar-refractivity contribution in [2.45, 2.75) is 52.6 Å². The van der Waals surface area contributed by atoms with E-state index in [1.807, 2.05) is 52.0 Å². The Hall–Kier alpha value is -2.04. The van der Waals surface area contributed by atoms with E-state index in [0.717, 1.165) is 30.5 Å². The van der Waals surface area contributed by atoms with Crippen molar-refractivity contribution in [1.29, 1.82) is 0 Å². The molecule has 138 valence electrons. The second-order valence-corrected chi connectivity index (χ2v) is 7.90. The van der Waals surface area contributed by atoms with Crippen molar-refractivity contribution in [1.82, 2.24) is 10.2 Å². The Morgan fingerprint density at radius 3 is 2.76 bits per heavy atom. The molecular formula is C20H30N2O3. The maximum Gasteiger partial charge on any atom is 0.410 e. The standard InChI is InChI=1S/C20H30N2O3/c1-15-7-5-8-16(11-15)12-18(23)21-13-17-9-6-10-22(14-17)19(24)25-20(2,3)4/h5,7-8,11,17H,6,9-10,12-14H2,1-4H3,(H,21,23). The first-order chi connectivity index (χ1) is 11.7. The third-order valence-electron chi connectivity index (χ3n) is 4.21. The fraction of sp³-hybridized carbons (Fsp3) is 0.600. The van der Waals surface area contributed by atoms with Gasteiger partial charge in [-0.1, -0.05) is 29.8 Å². The van der Waals surface area contributed by atoms with Crippen molar-refractivity contribution in [3.8, 4) is 0 Å². The van der Waals surface area contributed by atoms with E-state index >= 15 is 0 Å². The van der Waals surface area contributed by atoms with E-state index in [1.54, 1.807) is 4.90 Å². The van der Waals surface area contributed by atoms with E-state index in [2.05, 4.69) is 5.32 Å². The first-order valence-corrected chi connectivity index (χ1v) is 9.03. The molecule has 1 fully saturated rings. The third kappa shape index (κ3) is 6.77. The first kappa shape index (κ1) is 19.3. The summed E-state index contributed by atoms with van der Waals surface area (Å²) >= 11 is 0. The van der Waals surface area contributed by atoms with Crippen LogP contribution in [-0.4, -0.2) is 42.1 Å². The van der Waals surface area contributed by atoms with Gasteiger partial charge in [0.15, 0.2) is 0 Å². The summed E-state index contributed by atoms with van der Waals surface area (Å²) in [5, 5.41) is 3.01. The highest BCUT2D eigenvalue weighted by Gasteiger charge is 2.27. The molecule has 1 heterocycles. The van der Waals surface area contributed by atoms with Gasteiger partial charge in [0.05, 0.1) is 6.42 Å². The molecule has 0 aliphatic carbocycles. The van der Waals surface area contributed by atoms with Gasteiger partial charge < -0.3 is 15.0 Å². The minimum atomic E-state index is -0.480.